The summed E-state index contributed by atoms with van der Waals surface area (Å²) < 4.78 is 32.1. The highest BCUT2D eigenvalue weighted by Gasteiger charge is 2.08. The first kappa shape index (κ1) is 12.4. The van der Waals surface area contributed by atoms with E-state index in [9.17, 15) is 8.78 Å². The number of aryl methyl sites for hydroxylation is 1. The number of ether oxygens (including phenoxy) is 1. The molecule has 0 unspecified atom stereocenters. The van der Waals surface area contributed by atoms with Gasteiger partial charge in [0.2, 0.25) is 0 Å². The van der Waals surface area contributed by atoms with Crippen LogP contribution in [0.1, 0.15) is 11.1 Å². The van der Waals surface area contributed by atoms with Crippen LogP contribution in [0.4, 0.5) is 14.5 Å². The first-order valence-corrected chi connectivity index (χ1v) is 5.50. The number of hydrogen-bond acceptors (Lipinski definition) is 2. The number of benzene rings is 2. The lowest BCUT2D eigenvalue weighted by Crippen LogP contribution is -2.01. The molecule has 0 fully saturated rings. The third kappa shape index (κ3) is 2.59. The van der Waals surface area contributed by atoms with Crippen molar-refractivity contribution >= 4 is 5.69 Å². The zero-order valence-electron chi connectivity index (χ0n) is 9.91. The van der Waals surface area contributed by atoms with Gasteiger partial charge in [-0.2, -0.15) is 0 Å². The maximum atomic E-state index is 13.5. The van der Waals surface area contributed by atoms with Gasteiger partial charge >= 0.3 is 0 Å². The standard InChI is InChI=1S/C14H13F2NO/c1-9-6-14(12(16)7-13(9)17)18-8-10-4-2-3-5-11(10)15/h2-7H,8,17H2,1H3. The van der Waals surface area contributed by atoms with E-state index in [4.69, 9.17) is 10.5 Å². The summed E-state index contributed by atoms with van der Waals surface area (Å²) in [4.78, 5) is 0. The van der Waals surface area contributed by atoms with Gasteiger partial charge in [-0.3, -0.25) is 0 Å². The van der Waals surface area contributed by atoms with Crippen LogP contribution in [0.3, 0.4) is 0 Å². The molecule has 0 aromatic heterocycles. The van der Waals surface area contributed by atoms with E-state index in [2.05, 4.69) is 0 Å². The third-order valence-corrected chi connectivity index (χ3v) is 2.66. The predicted octanol–water partition coefficient (Wildman–Crippen LogP) is 3.43. The quantitative estimate of drug-likeness (QED) is 0.846. The van der Waals surface area contributed by atoms with Crippen molar-refractivity contribution < 1.29 is 13.5 Å². The molecule has 0 radical (unpaired) electrons. The molecule has 0 atom stereocenters. The van der Waals surface area contributed by atoms with Crippen molar-refractivity contribution in [2.75, 3.05) is 5.73 Å². The van der Waals surface area contributed by atoms with Crippen LogP contribution in [0, 0.1) is 18.6 Å². The molecule has 0 aliphatic carbocycles. The van der Waals surface area contributed by atoms with Crippen molar-refractivity contribution in [2.45, 2.75) is 13.5 Å². The molecular weight excluding hydrogens is 236 g/mol. The van der Waals surface area contributed by atoms with Gasteiger partial charge in [0.05, 0.1) is 0 Å². The van der Waals surface area contributed by atoms with Gasteiger partial charge in [0.15, 0.2) is 11.6 Å². The van der Waals surface area contributed by atoms with Crippen LogP contribution in [0.2, 0.25) is 0 Å². The van der Waals surface area contributed by atoms with Gasteiger partial charge in [0, 0.05) is 17.3 Å². The monoisotopic (exact) mass is 249 g/mol. The van der Waals surface area contributed by atoms with E-state index in [0.717, 1.165) is 5.56 Å². The van der Waals surface area contributed by atoms with Crippen LogP contribution in [-0.4, -0.2) is 0 Å². The van der Waals surface area contributed by atoms with Crippen molar-refractivity contribution in [1.29, 1.82) is 0 Å². The lowest BCUT2D eigenvalue weighted by molar-refractivity contribution is 0.284. The van der Waals surface area contributed by atoms with E-state index < -0.39 is 5.82 Å². The highest BCUT2D eigenvalue weighted by molar-refractivity contribution is 5.50. The van der Waals surface area contributed by atoms with Crippen LogP contribution in [0.5, 0.6) is 5.75 Å². The SMILES string of the molecule is Cc1cc(OCc2ccccc2F)c(F)cc1N. The summed E-state index contributed by atoms with van der Waals surface area (Å²) in [6.45, 7) is 1.73. The fourth-order valence-corrected chi connectivity index (χ4v) is 1.55. The fraction of sp³-hybridized carbons (Fsp3) is 0.143. The van der Waals surface area contributed by atoms with Crippen LogP contribution >= 0.6 is 0 Å². The van der Waals surface area contributed by atoms with E-state index >= 15 is 0 Å². The fourth-order valence-electron chi connectivity index (χ4n) is 1.55. The molecule has 0 amide bonds. The van der Waals surface area contributed by atoms with Gasteiger partial charge in [0.1, 0.15) is 12.4 Å². The van der Waals surface area contributed by atoms with Crippen molar-refractivity contribution in [3.63, 3.8) is 0 Å². The minimum absolute atomic E-state index is 0.0209. The van der Waals surface area contributed by atoms with Gasteiger partial charge in [0.25, 0.3) is 0 Å². The number of hydrogen-bond donors (Lipinski definition) is 1. The second-order valence-corrected chi connectivity index (χ2v) is 4.02. The van der Waals surface area contributed by atoms with E-state index in [1.165, 1.54) is 18.2 Å². The van der Waals surface area contributed by atoms with E-state index in [-0.39, 0.29) is 18.2 Å². The number of nitrogen functional groups attached to an aromatic ring is 1. The Morgan fingerprint density at radius 1 is 1.11 bits per heavy atom. The minimum Gasteiger partial charge on any atom is -0.486 e. The maximum absolute atomic E-state index is 13.5. The summed E-state index contributed by atoms with van der Waals surface area (Å²) in [5.41, 5.74) is 7.03. The molecule has 0 aliphatic heterocycles. The highest BCUT2D eigenvalue weighted by atomic mass is 19.1. The second-order valence-electron chi connectivity index (χ2n) is 4.02. The molecule has 2 aromatic rings. The van der Waals surface area contributed by atoms with Crippen LogP contribution < -0.4 is 10.5 Å². The van der Waals surface area contributed by atoms with Crippen LogP contribution in [-0.2, 0) is 6.61 Å². The Morgan fingerprint density at radius 2 is 1.83 bits per heavy atom. The average molecular weight is 249 g/mol. The molecule has 0 saturated carbocycles. The summed E-state index contributed by atoms with van der Waals surface area (Å²) in [5.74, 6) is -0.843. The molecule has 0 saturated heterocycles. The highest BCUT2D eigenvalue weighted by Crippen LogP contribution is 2.24. The summed E-state index contributed by atoms with van der Waals surface area (Å²) in [7, 11) is 0. The third-order valence-electron chi connectivity index (χ3n) is 2.66. The Bertz CT molecular complexity index is 570. The van der Waals surface area contributed by atoms with Crippen LogP contribution in [0.25, 0.3) is 0 Å². The van der Waals surface area contributed by atoms with E-state index in [1.54, 1.807) is 25.1 Å². The Balaban J connectivity index is 2.16. The number of rotatable bonds is 3. The Morgan fingerprint density at radius 3 is 2.56 bits per heavy atom. The molecule has 2 rings (SSSR count). The molecule has 0 spiro atoms. The Labute approximate surface area is 104 Å². The van der Waals surface area contributed by atoms with Gasteiger partial charge < -0.3 is 10.5 Å². The normalized spacial score (nSPS) is 10.4. The predicted molar refractivity (Wildman–Crippen MR) is 66.3 cm³/mol. The molecule has 0 heterocycles. The summed E-state index contributed by atoms with van der Waals surface area (Å²) >= 11 is 0. The van der Waals surface area contributed by atoms with Gasteiger partial charge in [-0.05, 0) is 24.6 Å². The van der Waals surface area contributed by atoms with Crippen molar-refractivity contribution in [3.05, 3.63) is 59.2 Å². The lowest BCUT2D eigenvalue weighted by Gasteiger charge is -2.10. The molecular formula is C14H13F2NO. The molecule has 94 valence electrons. The zero-order chi connectivity index (χ0) is 13.1. The van der Waals surface area contributed by atoms with Gasteiger partial charge in [-0.1, -0.05) is 18.2 Å². The maximum Gasteiger partial charge on any atom is 0.167 e. The largest absolute Gasteiger partial charge is 0.486 e. The number of halogens is 2. The first-order chi connectivity index (χ1) is 8.58. The zero-order valence-corrected chi connectivity index (χ0v) is 9.91. The number of anilines is 1. The summed E-state index contributed by atoms with van der Waals surface area (Å²) in [6, 6.07) is 8.93. The van der Waals surface area contributed by atoms with Crippen molar-refractivity contribution in [2.24, 2.45) is 0 Å². The van der Waals surface area contributed by atoms with Crippen LogP contribution in [0.15, 0.2) is 36.4 Å². The second kappa shape index (κ2) is 5.04. The topological polar surface area (TPSA) is 35.2 Å². The molecule has 18 heavy (non-hydrogen) atoms. The average Bonchev–Trinajstić information content (AvgIpc) is 2.34. The Hall–Kier alpha value is -2.10. The van der Waals surface area contributed by atoms with Crippen molar-refractivity contribution in [1.82, 2.24) is 0 Å². The minimum atomic E-state index is -0.547. The molecule has 4 heteroatoms. The van der Waals surface area contributed by atoms with E-state index in [1.807, 2.05) is 0 Å². The lowest BCUT2D eigenvalue weighted by atomic mass is 10.2. The summed E-state index contributed by atoms with van der Waals surface area (Å²) in [6.07, 6.45) is 0. The molecule has 2 aromatic carbocycles. The first-order valence-electron chi connectivity index (χ1n) is 5.50. The van der Waals surface area contributed by atoms with Crippen molar-refractivity contribution in [3.8, 4) is 5.75 Å². The smallest absolute Gasteiger partial charge is 0.167 e. The molecule has 2 N–H and O–H groups in total. The summed E-state index contributed by atoms with van der Waals surface area (Å²) in [5, 5.41) is 0. The van der Waals surface area contributed by atoms with Gasteiger partial charge in [-0.25, -0.2) is 8.78 Å². The molecule has 0 aliphatic rings. The van der Waals surface area contributed by atoms with Gasteiger partial charge in [-0.15, -0.1) is 0 Å². The molecule has 2 nitrogen and oxygen atoms in total. The van der Waals surface area contributed by atoms with E-state index in [0.29, 0.717) is 11.3 Å². The number of nitrogens with two attached hydrogens (primary N) is 1. The molecule has 0 bridgehead atoms. The Kier molecular flexibility index (Phi) is 3.46.